The molecule has 1 aromatic rings. The number of hydrogen-bond donors (Lipinski definition) is 2. The molecule has 1 aromatic heterocycles. The van der Waals surface area contributed by atoms with E-state index < -0.39 is 0 Å². The zero-order valence-corrected chi connectivity index (χ0v) is 12.7. The molecule has 0 aliphatic carbocycles. The Morgan fingerprint density at radius 3 is 2.44 bits per heavy atom. The van der Waals surface area contributed by atoms with Gasteiger partial charge in [-0.05, 0) is 46.2 Å². The Hall–Kier alpha value is -0.870. The predicted molar refractivity (Wildman–Crippen MR) is 78.0 cm³/mol. The van der Waals surface area contributed by atoms with E-state index in [0.29, 0.717) is 0 Å². The minimum absolute atomic E-state index is 0.0594. The van der Waals surface area contributed by atoms with Crippen LogP contribution in [0.4, 0.5) is 0 Å². The maximum atomic E-state index is 11.8. The van der Waals surface area contributed by atoms with Crippen molar-refractivity contribution in [1.29, 1.82) is 0 Å². The number of amides is 1. The van der Waals surface area contributed by atoms with Gasteiger partial charge in [-0.3, -0.25) is 10.1 Å². The Labute approximate surface area is 114 Å². The summed E-state index contributed by atoms with van der Waals surface area (Å²) < 4.78 is 0. The summed E-state index contributed by atoms with van der Waals surface area (Å²) in [6, 6.07) is 4.54. The molecule has 1 heterocycles. The minimum atomic E-state index is -0.172. The van der Waals surface area contributed by atoms with Crippen LogP contribution in [0.5, 0.6) is 0 Å². The third kappa shape index (κ3) is 4.42. The number of hydrogen-bond acceptors (Lipinski definition) is 3. The van der Waals surface area contributed by atoms with E-state index in [4.69, 9.17) is 0 Å². The zero-order valence-electron chi connectivity index (χ0n) is 11.9. The summed E-state index contributed by atoms with van der Waals surface area (Å²) in [4.78, 5) is 14.5. The van der Waals surface area contributed by atoms with Crippen LogP contribution >= 0.6 is 11.3 Å². The predicted octanol–water partition coefficient (Wildman–Crippen LogP) is 2.87. The van der Waals surface area contributed by atoms with Gasteiger partial charge < -0.3 is 5.32 Å². The van der Waals surface area contributed by atoms with Crippen molar-refractivity contribution in [2.24, 2.45) is 0 Å². The van der Waals surface area contributed by atoms with Crippen molar-refractivity contribution >= 4 is 17.2 Å². The monoisotopic (exact) mass is 268 g/mol. The first-order valence-corrected chi connectivity index (χ1v) is 7.40. The molecule has 102 valence electrons. The third-order valence-corrected chi connectivity index (χ3v) is 4.19. The number of rotatable bonds is 6. The molecule has 0 spiro atoms. The summed E-state index contributed by atoms with van der Waals surface area (Å²) in [7, 11) is 0. The Balaban J connectivity index is 2.53. The topological polar surface area (TPSA) is 41.1 Å². The first-order chi connectivity index (χ1) is 8.43. The minimum Gasteiger partial charge on any atom is -0.353 e. The first-order valence-electron chi connectivity index (χ1n) is 6.59. The molecule has 2 atom stereocenters. The second kappa shape index (κ2) is 6.90. The number of aryl methyl sites for hydroxylation is 1. The fourth-order valence-corrected chi connectivity index (χ4v) is 2.72. The molecule has 0 aliphatic heterocycles. The van der Waals surface area contributed by atoms with Crippen LogP contribution in [0.25, 0.3) is 0 Å². The van der Waals surface area contributed by atoms with Gasteiger partial charge in [0.25, 0.3) is 0 Å². The van der Waals surface area contributed by atoms with Crippen molar-refractivity contribution in [3.05, 3.63) is 21.9 Å². The molecule has 0 aliphatic rings. The highest BCUT2D eigenvalue weighted by Crippen LogP contribution is 2.23. The molecule has 1 amide bonds. The summed E-state index contributed by atoms with van der Waals surface area (Å²) in [6.45, 7) is 10.1. The average Bonchev–Trinajstić information content (AvgIpc) is 2.76. The second-order valence-electron chi connectivity index (χ2n) is 4.93. The molecule has 1 rings (SSSR count). The maximum absolute atomic E-state index is 11.8. The number of nitrogens with one attached hydrogen (secondary N) is 2. The molecule has 0 fully saturated rings. The fraction of sp³-hybridized carbons (Fsp3) is 0.643. The van der Waals surface area contributed by atoms with Crippen LogP contribution in [0.3, 0.4) is 0 Å². The molecular weight excluding hydrogens is 244 g/mol. The summed E-state index contributed by atoms with van der Waals surface area (Å²) in [5, 5.41) is 6.25. The third-order valence-electron chi connectivity index (χ3n) is 2.78. The van der Waals surface area contributed by atoms with E-state index in [1.807, 2.05) is 32.1 Å². The van der Waals surface area contributed by atoms with Gasteiger partial charge in [0, 0.05) is 21.8 Å². The van der Waals surface area contributed by atoms with Crippen LogP contribution in [0, 0.1) is 0 Å². The lowest BCUT2D eigenvalue weighted by Gasteiger charge is -2.20. The molecule has 0 saturated heterocycles. The van der Waals surface area contributed by atoms with Gasteiger partial charge in [0.15, 0.2) is 0 Å². The Morgan fingerprint density at radius 2 is 1.94 bits per heavy atom. The highest BCUT2D eigenvalue weighted by molar-refractivity contribution is 7.12. The zero-order chi connectivity index (χ0) is 13.7. The van der Waals surface area contributed by atoms with Crippen LogP contribution in [-0.2, 0) is 11.2 Å². The quantitative estimate of drug-likeness (QED) is 0.833. The fourth-order valence-electron chi connectivity index (χ4n) is 1.76. The first kappa shape index (κ1) is 15.2. The van der Waals surface area contributed by atoms with Gasteiger partial charge in [0.1, 0.15) is 0 Å². The van der Waals surface area contributed by atoms with Gasteiger partial charge in [0.2, 0.25) is 5.91 Å². The number of carbonyl (C=O) groups is 1. The van der Waals surface area contributed by atoms with E-state index in [1.54, 1.807) is 0 Å². The van der Waals surface area contributed by atoms with E-state index in [9.17, 15) is 4.79 Å². The van der Waals surface area contributed by atoms with Gasteiger partial charge in [-0.25, -0.2) is 0 Å². The molecule has 3 nitrogen and oxygen atoms in total. The van der Waals surface area contributed by atoms with E-state index in [-0.39, 0.29) is 24.0 Å². The van der Waals surface area contributed by atoms with E-state index in [1.165, 1.54) is 9.75 Å². The molecule has 18 heavy (non-hydrogen) atoms. The summed E-state index contributed by atoms with van der Waals surface area (Å²) in [6.07, 6.45) is 1.07. The van der Waals surface area contributed by atoms with Gasteiger partial charge in [-0.2, -0.15) is 0 Å². The number of thiophene rings is 1. The van der Waals surface area contributed by atoms with Crippen molar-refractivity contribution in [3.8, 4) is 0 Å². The Kier molecular flexibility index (Phi) is 5.82. The van der Waals surface area contributed by atoms with Gasteiger partial charge in [-0.15, -0.1) is 11.3 Å². The van der Waals surface area contributed by atoms with E-state index >= 15 is 0 Å². The van der Waals surface area contributed by atoms with Crippen LogP contribution in [0.2, 0.25) is 0 Å². The van der Waals surface area contributed by atoms with Gasteiger partial charge in [0.05, 0.1) is 6.04 Å². The molecule has 0 saturated carbocycles. The average molecular weight is 268 g/mol. The molecule has 2 unspecified atom stereocenters. The van der Waals surface area contributed by atoms with E-state index in [0.717, 1.165) is 6.42 Å². The molecule has 0 radical (unpaired) electrons. The van der Waals surface area contributed by atoms with Crippen LogP contribution < -0.4 is 10.6 Å². The Morgan fingerprint density at radius 1 is 1.28 bits per heavy atom. The second-order valence-corrected chi connectivity index (χ2v) is 6.13. The molecule has 4 heteroatoms. The lowest BCUT2D eigenvalue weighted by molar-refractivity contribution is -0.123. The van der Waals surface area contributed by atoms with Crippen molar-refractivity contribution < 1.29 is 4.79 Å². The lowest BCUT2D eigenvalue weighted by atomic mass is 10.2. The van der Waals surface area contributed by atoms with Crippen LogP contribution in [-0.4, -0.2) is 18.0 Å². The lowest BCUT2D eigenvalue weighted by Crippen LogP contribution is -2.45. The van der Waals surface area contributed by atoms with Crippen molar-refractivity contribution in [3.63, 3.8) is 0 Å². The van der Waals surface area contributed by atoms with Gasteiger partial charge in [-0.1, -0.05) is 6.92 Å². The largest absolute Gasteiger partial charge is 0.353 e. The van der Waals surface area contributed by atoms with E-state index in [2.05, 4.69) is 36.6 Å². The summed E-state index contributed by atoms with van der Waals surface area (Å²) in [5.41, 5.74) is 0. The van der Waals surface area contributed by atoms with Gasteiger partial charge >= 0.3 is 0 Å². The normalized spacial score (nSPS) is 14.6. The molecule has 0 bridgehead atoms. The SMILES string of the molecule is CCc1ccc(C(C)NC(C)C(=O)NC(C)C)s1. The molecule has 0 aromatic carbocycles. The summed E-state index contributed by atoms with van der Waals surface area (Å²) in [5.74, 6) is 0.0594. The molecular formula is C14H24N2OS. The number of carbonyl (C=O) groups excluding carboxylic acids is 1. The molecule has 2 N–H and O–H groups in total. The smallest absolute Gasteiger partial charge is 0.237 e. The van der Waals surface area contributed by atoms with Crippen molar-refractivity contribution in [2.45, 2.75) is 59.2 Å². The standard InChI is InChI=1S/C14H24N2OS/c1-6-12-7-8-13(18-12)10(4)16-11(5)14(17)15-9(2)3/h7-11,16H,6H2,1-5H3,(H,15,17). The van der Waals surface area contributed by atoms with Crippen LogP contribution in [0.15, 0.2) is 12.1 Å². The van der Waals surface area contributed by atoms with Crippen molar-refractivity contribution in [1.82, 2.24) is 10.6 Å². The maximum Gasteiger partial charge on any atom is 0.237 e. The highest BCUT2D eigenvalue weighted by atomic mass is 32.1. The summed E-state index contributed by atoms with van der Waals surface area (Å²) >= 11 is 1.81. The Bertz CT molecular complexity index is 387. The highest BCUT2D eigenvalue weighted by Gasteiger charge is 2.17. The van der Waals surface area contributed by atoms with Crippen molar-refractivity contribution in [2.75, 3.05) is 0 Å². The van der Waals surface area contributed by atoms with Crippen LogP contribution in [0.1, 0.15) is 50.4 Å².